The summed E-state index contributed by atoms with van der Waals surface area (Å²) >= 11 is 0. The highest BCUT2D eigenvalue weighted by Crippen LogP contribution is 2.38. The van der Waals surface area contributed by atoms with Crippen LogP contribution in [0.3, 0.4) is 0 Å². The second-order valence-electron chi connectivity index (χ2n) is 11.2. The number of amides is 1. The van der Waals surface area contributed by atoms with Crippen molar-refractivity contribution in [1.82, 2.24) is 4.90 Å². The van der Waals surface area contributed by atoms with Crippen LogP contribution in [0.5, 0.6) is 0 Å². The van der Waals surface area contributed by atoms with E-state index >= 15 is 0 Å². The molecule has 1 atom stereocenters. The van der Waals surface area contributed by atoms with Crippen molar-refractivity contribution in [3.8, 4) is 0 Å². The largest absolute Gasteiger partial charge is 0.481 e. The third-order valence-corrected chi connectivity index (χ3v) is 8.79. The minimum atomic E-state index is -0.881. The number of hydrogen-bond acceptors (Lipinski definition) is 5. The van der Waals surface area contributed by atoms with Crippen LogP contribution in [0.15, 0.2) is 30.3 Å². The van der Waals surface area contributed by atoms with Gasteiger partial charge in [-0.25, -0.2) is 5.84 Å². The van der Waals surface area contributed by atoms with Gasteiger partial charge in [-0.2, -0.15) is 0 Å². The van der Waals surface area contributed by atoms with Crippen LogP contribution < -0.4 is 16.6 Å². The van der Waals surface area contributed by atoms with E-state index in [2.05, 4.69) is 39.0 Å². The van der Waals surface area contributed by atoms with Crippen molar-refractivity contribution in [3.63, 3.8) is 0 Å². The van der Waals surface area contributed by atoms with E-state index in [0.717, 1.165) is 67.7 Å². The van der Waals surface area contributed by atoms with Crippen molar-refractivity contribution in [3.05, 3.63) is 91.5 Å². The van der Waals surface area contributed by atoms with E-state index < -0.39 is 5.97 Å². The highest BCUT2D eigenvalue weighted by Gasteiger charge is 2.29. The van der Waals surface area contributed by atoms with E-state index in [1.807, 2.05) is 58.6 Å². The molecular formula is C35H48N4O3. The molecule has 0 radical (unpaired) electrons. The Kier molecular flexibility index (Phi) is 10.4. The number of anilines is 2. The number of carbonyl (C=O) groups is 2. The van der Waals surface area contributed by atoms with Gasteiger partial charge in [0.15, 0.2) is 0 Å². The molecule has 0 aromatic heterocycles. The summed E-state index contributed by atoms with van der Waals surface area (Å²) in [4.78, 5) is 27.8. The minimum absolute atomic E-state index is 0.0547. The zero-order chi connectivity index (χ0) is 31.5. The smallest absolute Gasteiger partial charge is 0.304 e. The molecule has 0 spiro atoms. The van der Waals surface area contributed by atoms with Crippen LogP contribution in [0.1, 0.15) is 99.1 Å². The van der Waals surface area contributed by atoms with E-state index in [0.29, 0.717) is 25.3 Å². The highest BCUT2D eigenvalue weighted by molar-refractivity contribution is 5.98. The van der Waals surface area contributed by atoms with E-state index in [1.54, 1.807) is 5.01 Å². The Morgan fingerprint density at radius 3 is 2.14 bits per heavy atom. The normalized spacial score (nSPS) is 13.1. The van der Waals surface area contributed by atoms with E-state index in [1.165, 1.54) is 5.56 Å². The molecule has 1 aliphatic heterocycles. The Labute approximate surface area is 251 Å². The number of aryl methyl sites for hydroxylation is 3. The molecule has 0 bridgehead atoms. The van der Waals surface area contributed by atoms with Crippen molar-refractivity contribution < 1.29 is 14.7 Å². The first-order valence-corrected chi connectivity index (χ1v) is 15.0. The van der Waals surface area contributed by atoms with Gasteiger partial charge in [-0.15, -0.1) is 0 Å². The van der Waals surface area contributed by atoms with Crippen LogP contribution in [0.2, 0.25) is 0 Å². The zero-order valence-electron chi connectivity index (χ0n) is 26.8. The number of nitrogen functional groups attached to an aromatic ring is 1. The maximum Gasteiger partial charge on any atom is 0.304 e. The fourth-order valence-electron chi connectivity index (χ4n) is 6.13. The summed E-state index contributed by atoms with van der Waals surface area (Å²) in [5, 5.41) is 11.5. The summed E-state index contributed by atoms with van der Waals surface area (Å²) in [6, 6.07) is 10.2. The van der Waals surface area contributed by atoms with E-state index in [-0.39, 0.29) is 18.2 Å². The van der Waals surface area contributed by atoms with Crippen LogP contribution in [-0.2, 0) is 17.8 Å². The van der Waals surface area contributed by atoms with Gasteiger partial charge in [0, 0.05) is 31.1 Å². The van der Waals surface area contributed by atoms with Gasteiger partial charge in [-0.05, 0) is 117 Å². The molecule has 4 rings (SSSR count). The maximum atomic E-state index is 13.8. The number of hydrazine groups is 1. The number of nitrogens with zero attached hydrogens (tertiary/aromatic N) is 2. The van der Waals surface area contributed by atoms with Gasteiger partial charge in [0.1, 0.15) is 0 Å². The fourth-order valence-corrected chi connectivity index (χ4v) is 6.13. The second-order valence-corrected chi connectivity index (χ2v) is 11.2. The molecule has 7 nitrogen and oxygen atoms in total. The predicted octanol–water partition coefficient (Wildman–Crippen LogP) is 6.65. The van der Waals surface area contributed by atoms with Crippen molar-refractivity contribution in [2.24, 2.45) is 5.84 Å². The Morgan fingerprint density at radius 2 is 1.57 bits per heavy atom. The Hall–Kier alpha value is -3.84. The lowest BCUT2D eigenvalue weighted by molar-refractivity contribution is -0.137. The van der Waals surface area contributed by atoms with E-state index in [9.17, 15) is 14.7 Å². The summed E-state index contributed by atoms with van der Waals surface area (Å²) < 4.78 is 0. The summed E-state index contributed by atoms with van der Waals surface area (Å²) in [6.45, 7) is 19.8. The molecule has 1 aliphatic rings. The molecule has 7 heteroatoms. The molecule has 0 fully saturated rings. The van der Waals surface area contributed by atoms with Gasteiger partial charge in [0.25, 0.3) is 5.91 Å². The number of hydrogen-bond donors (Lipinski definition) is 3. The van der Waals surface area contributed by atoms with Gasteiger partial charge < -0.3 is 20.7 Å². The molecule has 226 valence electrons. The number of rotatable bonds is 7. The molecule has 3 aromatic rings. The average Bonchev–Trinajstić information content (AvgIpc) is 2.96. The van der Waals surface area contributed by atoms with Gasteiger partial charge in [-0.3, -0.25) is 9.59 Å². The van der Waals surface area contributed by atoms with Crippen LogP contribution in [0, 0.1) is 41.5 Å². The lowest BCUT2D eigenvalue weighted by Gasteiger charge is -2.32. The van der Waals surface area contributed by atoms with Crippen molar-refractivity contribution >= 4 is 23.3 Å². The number of fused-ring (bicyclic) bond motifs is 1. The topological polar surface area (TPSA) is 113 Å². The molecule has 0 aliphatic carbocycles. The predicted molar refractivity (Wildman–Crippen MR) is 173 cm³/mol. The lowest BCUT2D eigenvalue weighted by atomic mass is 9.82. The number of carbonyl (C=O) groups excluding carboxylic acids is 1. The molecule has 1 amide bonds. The average molecular weight is 573 g/mol. The number of nitrogens with two attached hydrogens (primary N) is 2. The maximum absolute atomic E-state index is 13.8. The molecular weight excluding hydrogens is 524 g/mol. The van der Waals surface area contributed by atoms with Gasteiger partial charge in [-0.1, -0.05) is 38.1 Å². The molecule has 5 N–H and O–H groups in total. The SMILES string of the molecule is CC.CCN(N)c1ccc(C(CC(=O)O)c2cc(C)c3c(c2)CN(C(=O)c2c(C)c(C)cc(C)c2C)CC3)c(C)c1N. The molecule has 42 heavy (non-hydrogen) atoms. The van der Waals surface area contributed by atoms with Crippen LogP contribution >= 0.6 is 0 Å². The van der Waals surface area contributed by atoms with Crippen molar-refractivity contribution in [1.29, 1.82) is 0 Å². The zero-order valence-corrected chi connectivity index (χ0v) is 26.8. The van der Waals surface area contributed by atoms with Gasteiger partial charge in [0.2, 0.25) is 0 Å². The first-order chi connectivity index (χ1) is 19.8. The third kappa shape index (κ3) is 6.31. The van der Waals surface area contributed by atoms with Crippen LogP contribution in [0.4, 0.5) is 11.4 Å². The summed E-state index contributed by atoms with van der Waals surface area (Å²) in [5.74, 6) is 4.91. The number of carboxylic acid groups (broad SMARTS) is 1. The quantitative estimate of drug-likeness (QED) is 0.166. The summed E-state index contributed by atoms with van der Waals surface area (Å²) in [5.41, 5.74) is 18.9. The molecule has 1 unspecified atom stereocenters. The third-order valence-electron chi connectivity index (χ3n) is 8.79. The molecule has 3 aromatic carbocycles. The van der Waals surface area contributed by atoms with Crippen LogP contribution in [0.25, 0.3) is 0 Å². The van der Waals surface area contributed by atoms with Gasteiger partial charge in [0.05, 0.1) is 17.8 Å². The van der Waals surface area contributed by atoms with Crippen molar-refractivity contribution in [2.75, 3.05) is 23.8 Å². The van der Waals surface area contributed by atoms with Crippen LogP contribution in [-0.4, -0.2) is 35.0 Å². The standard InChI is InChI=1S/C33H42N4O3.C2H6/c1-8-37(35)29-10-9-27(23(7)32(29)34)28(16-30(38)39)24-14-20(4)26-11-12-36(17-25(26)15-24)33(40)31-21(5)18(2)13-19(3)22(31)6;1-2/h9-10,13-15,28H,8,11-12,16-17,34-35H2,1-7H3,(H,38,39);1-2H3. The first kappa shape index (κ1) is 32.7. The highest BCUT2D eigenvalue weighted by atomic mass is 16.4. The summed E-state index contributed by atoms with van der Waals surface area (Å²) in [6.07, 6.45) is 0.700. The number of carboxylic acids is 1. The summed E-state index contributed by atoms with van der Waals surface area (Å²) in [7, 11) is 0. The minimum Gasteiger partial charge on any atom is -0.481 e. The van der Waals surface area contributed by atoms with Crippen molar-refractivity contribution in [2.45, 2.75) is 87.6 Å². The fraction of sp³-hybridized carbons (Fsp3) is 0.429. The molecule has 1 heterocycles. The van der Waals surface area contributed by atoms with Gasteiger partial charge >= 0.3 is 5.97 Å². The Morgan fingerprint density at radius 1 is 0.952 bits per heavy atom. The number of aliphatic carboxylic acids is 1. The molecule has 0 saturated heterocycles. The van der Waals surface area contributed by atoms with E-state index in [4.69, 9.17) is 11.6 Å². The Bertz CT molecular complexity index is 1470. The first-order valence-electron chi connectivity index (χ1n) is 15.0. The Balaban J connectivity index is 0.00000237. The molecule has 0 saturated carbocycles. The lowest BCUT2D eigenvalue weighted by Crippen LogP contribution is -2.37. The number of benzene rings is 3. The monoisotopic (exact) mass is 572 g/mol. The second kappa shape index (κ2) is 13.4.